The van der Waals surface area contributed by atoms with Crippen LogP contribution >= 0.6 is 0 Å². The van der Waals surface area contributed by atoms with E-state index >= 15 is 0 Å². The van der Waals surface area contributed by atoms with Crippen molar-refractivity contribution in [1.82, 2.24) is 4.90 Å². The first-order chi connectivity index (χ1) is 6.97. The van der Waals surface area contributed by atoms with Crippen LogP contribution in [0, 0.1) is 17.3 Å². The predicted octanol–water partition coefficient (Wildman–Crippen LogP) is 1.53. The minimum absolute atomic E-state index is 0.244. The molecule has 2 unspecified atom stereocenters. The second kappa shape index (κ2) is 3.78. The zero-order chi connectivity index (χ0) is 11.1. The summed E-state index contributed by atoms with van der Waals surface area (Å²) in [5.41, 5.74) is -0.244. The quantitative estimate of drug-likeness (QED) is 0.608. The molecule has 0 aromatic carbocycles. The van der Waals surface area contributed by atoms with Crippen LogP contribution in [0.2, 0.25) is 0 Å². The summed E-state index contributed by atoms with van der Waals surface area (Å²) in [4.78, 5) is 14.2. The second-order valence-corrected chi connectivity index (χ2v) is 5.97. The molecule has 3 heteroatoms. The van der Waals surface area contributed by atoms with Gasteiger partial charge in [-0.15, -0.1) is 0 Å². The lowest BCUT2D eigenvalue weighted by Gasteiger charge is -2.43. The molecule has 2 saturated heterocycles. The molecule has 2 aliphatic heterocycles. The number of likely N-dealkylation sites (tertiary alicyclic amines) is 1. The van der Waals surface area contributed by atoms with Crippen molar-refractivity contribution in [2.45, 2.75) is 27.2 Å². The van der Waals surface area contributed by atoms with Gasteiger partial charge in [-0.25, -0.2) is 0 Å². The average Bonchev–Trinajstić information content (AvgIpc) is 2.14. The maximum atomic E-state index is 12.1. The van der Waals surface area contributed by atoms with E-state index in [9.17, 15) is 4.79 Å². The number of carbonyl (C=O) groups is 1. The summed E-state index contributed by atoms with van der Waals surface area (Å²) in [7, 11) is 0. The number of amides is 1. The number of carbonyl (C=O) groups excluding carboxylic acids is 1. The van der Waals surface area contributed by atoms with E-state index in [1.807, 2.05) is 25.7 Å². The highest BCUT2D eigenvalue weighted by Gasteiger charge is 2.36. The van der Waals surface area contributed by atoms with Crippen LogP contribution in [0.25, 0.3) is 0 Å². The van der Waals surface area contributed by atoms with E-state index in [4.69, 9.17) is 4.74 Å². The molecule has 2 atom stereocenters. The topological polar surface area (TPSA) is 29.5 Å². The number of ether oxygens (including phenoxy) is 1. The minimum atomic E-state index is -0.244. The van der Waals surface area contributed by atoms with Crippen LogP contribution in [0.15, 0.2) is 0 Å². The molecule has 2 heterocycles. The van der Waals surface area contributed by atoms with Crippen molar-refractivity contribution in [3.05, 3.63) is 0 Å². The molecule has 15 heavy (non-hydrogen) atoms. The number of fused-ring (bicyclic) bond motifs is 2. The molecular weight excluding hydrogens is 190 g/mol. The standard InChI is InChI=1S/C12H21NO2/c1-12(2,3)11(14)13-5-9-4-10(6-13)8-15-7-9/h9-10H,4-8H2,1-3H3. The lowest BCUT2D eigenvalue weighted by Crippen LogP contribution is -2.51. The van der Waals surface area contributed by atoms with Crippen molar-refractivity contribution in [1.29, 1.82) is 0 Å². The number of hydrogen-bond acceptors (Lipinski definition) is 2. The van der Waals surface area contributed by atoms with E-state index in [2.05, 4.69) is 0 Å². The highest BCUT2D eigenvalue weighted by atomic mass is 16.5. The number of rotatable bonds is 0. The third-order valence-corrected chi connectivity index (χ3v) is 3.26. The first-order valence-electron chi connectivity index (χ1n) is 5.84. The monoisotopic (exact) mass is 211 g/mol. The SMILES string of the molecule is CC(C)(C)C(=O)N1CC2COCC(C2)C1. The molecule has 3 nitrogen and oxygen atoms in total. The van der Waals surface area contributed by atoms with E-state index in [0.717, 1.165) is 26.3 Å². The van der Waals surface area contributed by atoms with Gasteiger partial charge in [0.1, 0.15) is 0 Å². The summed E-state index contributed by atoms with van der Waals surface area (Å²) < 4.78 is 5.51. The lowest BCUT2D eigenvalue weighted by atomic mass is 9.85. The third kappa shape index (κ3) is 2.33. The maximum absolute atomic E-state index is 12.1. The Bertz CT molecular complexity index is 245. The van der Waals surface area contributed by atoms with Crippen LogP contribution in [0.3, 0.4) is 0 Å². The molecule has 1 amide bonds. The normalized spacial score (nSPS) is 31.5. The first kappa shape index (κ1) is 10.9. The summed E-state index contributed by atoms with van der Waals surface area (Å²) in [6.45, 7) is 9.46. The van der Waals surface area contributed by atoms with Crippen LogP contribution in [0.4, 0.5) is 0 Å². The molecular formula is C12H21NO2. The summed E-state index contributed by atoms with van der Waals surface area (Å²) in [5.74, 6) is 1.44. The Hall–Kier alpha value is -0.570. The highest BCUT2D eigenvalue weighted by molar-refractivity contribution is 5.81. The Labute approximate surface area is 91.8 Å². The van der Waals surface area contributed by atoms with Crippen molar-refractivity contribution in [2.24, 2.45) is 17.3 Å². The van der Waals surface area contributed by atoms with Crippen molar-refractivity contribution in [3.63, 3.8) is 0 Å². The van der Waals surface area contributed by atoms with Crippen LogP contribution in [-0.4, -0.2) is 37.1 Å². The molecule has 0 radical (unpaired) electrons. The summed E-state index contributed by atoms with van der Waals surface area (Å²) >= 11 is 0. The molecule has 0 aliphatic carbocycles. The molecule has 2 rings (SSSR count). The van der Waals surface area contributed by atoms with E-state index in [0.29, 0.717) is 17.7 Å². The van der Waals surface area contributed by atoms with E-state index in [1.165, 1.54) is 6.42 Å². The number of hydrogen-bond donors (Lipinski definition) is 0. The first-order valence-corrected chi connectivity index (χ1v) is 5.84. The molecule has 0 aromatic rings. The van der Waals surface area contributed by atoms with Gasteiger partial charge in [0.15, 0.2) is 0 Å². The number of piperidine rings is 1. The summed E-state index contributed by atoms with van der Waals surface area (Å²) in [6, 6.07) is 0. The van der Waals surface area contributed by atoms with Crippen molar-refractivity contribution >= 4 is 5.91 Å². The van der Waals surface area contributed by atoms with Gasteiger partial charge in [-0.2, -0.15) is 0 Å². The minimum Gasteiger partial charge on any atom is -0.381 e. The van der Waals surface area contributed by atoms with E-state index in [1.54, 1.807) is 0 Å². The lowest BCUT2D eigenvalue weighted by molar-refractivity contribution is -0.146. The maximum Gasteiger partial charge on any atom is 0.227 e. The summed E-state index contributed by atoms with van der Waals surface area (Å²) in [5, 5.41) is 0. The van der Waals surface area contributed by atoms with Gasteiger partial charge in [-0.05, 0) is 6.42 Å². The van der Waals surface area contributed by atoms with Crippen LogP contribution < -0.4 is 0 Å². The predicted molar refractivity (Wildman–Crippen MR) is 58.5 cm³/mol. The van der Waals surface area contributed by atoms with Gasteiger partial charge < -0.3 is 9.64 Å². The van der Waals surface area contributed by atoms with E-state index < -0.39 is 0 Å². The molecule has 0 aromatic heterocycles. The zero-order valence-electron chi connectivity index (χ0n) is 9.95. The Morgan fingerprint density at radius 1 is 1.20 bits per heavy atom. The van der Waals surface area contributed by atoms with Gasteiger partial charge in [-0.3, -0.25) is 4.79 Å². The van der Waals surface area contributed by atoms with Gasteiger partial charge in [-0.1, -0.05) is 20.8 Å². The molecule has 0 N–H and O–H groups in total. The molecule has 2 bridgehead atoms. The fourth-order valence-electron chi connectivity index (χ4n) is 2.60. The van der Waals surface area contributed by atoms with Crippen molar-refractivity contribution in [2.75, 3.05) is 26.3 Å². The Balaban J connectivity index is 2.02. The van der Waals surface area contributed by atoms with Gasteiger partial charge in [0, 0.05) is 30.3 Å². The fraction of sp³-hybridized carbons (Fsp3) is 0.917. The Kier molecular flexibility index (Phi) is 2.75. The molecule has 2 fully saturated rings. The van der Waals surface area contributed by atoms with Crippen LogP contribution in [0.5, 0.6) is 0 Å². The Morgan fingerprint density at radius 2 is 1.73 bits per heavy atom. The van der Waals surface area contributed by atoms with Crippen molar-refractivity contribution < 1.29 is 9.53 Å². The van der Waals surface area contributed by atoms with Crippen LogP contribution in [0.1, 0.15) is 27.2 Å². The largest absolute Gasteiger partial charge is 0.381 e. The van der Waals surface area contributed by atoms with Gasteiger partial charge in [0.25, 0.3) is 0 Å². The fourth-order valence-corrected chi connectivity index (χ4v) is 2.60. The molecule has 86 valence electrons. The number of nitrogens with zero attached hydrogens (tertiary/aromatic N) is 1. The smallest absolute Gasteiger partial charge is 0.227 e. The molecule has 0 spiro atoms. The van der Waals surface area contributed by atoms with E-state index in [-0.39, 0.29) is 5.41 Å². The van der Waals surface area contributed by atoms with Gasteiger partial charge in [0.05, 0.1) is 13.2 Å². The van der Waals surface area contributed by atoms with Gasteiger partial charge >= 0.3 is 0 Å². The highest BCUT2D eigenvalue weighted by Crippen LogP contribution is 2.29. The van der Waals surface area contributed by atoms with Crippen molar-refractivity contribution in [3.8, 4) is 0 Å². The zero-order valence-corrected chi connectivity index (χ0v) is 9.95. The van der Waals surface area contributed by atoms with Crippen LogP contribution in [-0.2, 0) is 9.53 Å². The molecule has 2 aliphatic rings. The second-order valence-electron chi connectivity index (χ2n) is 5.97. The summed E-state index contributed by atoms with van der Waals surface area (Å²) in [6.07, 6.45) is 1.24. The van der Waals surface area contributed by atoms with Gasteiger partial charge in [0.2, 0.25) is 5.91 Å². The molecule has 0 saturated carbocycles. The third-order valence-electron chi connectivity index (χ3n) is 3.26. The average molecular weight is 211 g/mol. The Morgan fingerprint density at radius 3 is 2.20 bits per heavy atom.